The van der Waals surface area contributed by atoms with Gasteiger partial charge in [-0.05, 0) is 58.9 Å². The van der Waals surface area contributed by atoms with Crippen LogP contribution in [-0.2, 0) is 4.74 Å². The molecule has 1 aliphatic carbocycles. The zero-order valence-electron chi connectivity index (χ0n) is 13.9. The van der Waals surface area contributed by atoms with Crippen LogP contribution in [0.15, 0.2) is 0 Å². The summed E-state index contributed by atoms with van der Waals surface area (Å²) in [5, 5.41) is 15.6. The van der Waals surface area contributed by atoms with E-state index in [9.17, 15) is 9.90 Å². The van der Waals surface area contributed by atoms with E-state index in [1.807, 2.05) is 27.7 Å². The van der Waals surface area contributed by atoms with Gasteiger partial charge in [0.1, 0.15) is 5.60 Å². The smallest absolute Gasteiger partial charge is 0.407 e. The molecule has 0 aromatic heterocycles. The Hall–Kier alpha value is -0.810. The first-order valence-electron chi connectivity index (χ1n) is 8.13. The first-order chi connectivity index (χ1) is 9.81. The summed E-state index contributed by atoms with van der Waals surface area (Å²) in [6.07, 6.45) is 4.44. The number of aliphatic hydroxyl groups is 1. The van der Waals surface area contributed by atoms with Gasteiger partial charge in [0.05, 0.1) is 0 Å². The van der Waals surface area contributed by atoms with Gasteiger partial charge in [0, 0.05) is 19.2 Å². The van der Waals surface area contributed by atoms with Crippen LogP contribution in [0.3, 0.4) is 0 Å². The number of hydrogen-bond donors (Lipinski definition) is 3. The Labute approximate surface area is 128 Å². The van der Waals surface area contributed by atoms with Crippen molar-refractivity contribution >= 4 is 6.09 Å². The number of rotatable bonds is 6. The molecule has 3 N–H and O–H groups in total. The highest BCUT2D eigenvalue weighted by Gasteiger charge is 2.24. The minimum absolute atomic E-state index is 0.193. The lowest BCUT2D eigenvalue weighted by atomic mass is 9.79. The molecular weight excluding hydrogens is 268 g/mol. The van der Waals surface area contributed by atoms with Crippen molar-refractivity contribution < 1.29 is 14.6 Å². The third-order valence-electron chi connectivity index (χ3n) is 3.98. The van der Waals surface area contributed by atoms with Gasteiger partial charge in [-0.2, -0.15) is 0 Å². The van der Waals surface area contributed by atoms with E-state index >= 15 is 0 Å². The summed E-state index contributed by atoms with van der Waals surface area (Å²) >= 11 is 0. The van der Waals surface area contributed by atoms with E-state index in [-0.39, 0.29) is 18.7 Å². The van der Waals surface area contributed by atoms with E-state index < -0.39 is 5.60 Å². The Morgan fingerprint density at radius 3 is 2.48 bits per heavy atom. The standard InChI is InChI=1S/C16H32N2O3/c1-12(9-18-15(20)21-16(2,3)4)17-10-13-7-5-6-8-14(13)11-19/h12-14,17,19H,5-11H2,1-4H3,(H,18,20). The molecule has 1 aliphatic rings. The highest BCUT2D eigenvalue weighted by molar-refractivity contribution is 5.67. The van der Waals surface area contributed by atoms with Crippen LogP contribution in [0, 0.1) is 11.8 Å². The van der Waals surface area contributed by atoms with Crippen molar-refractivity contribution in [1.82, 2.24) is 10.6 Å². The summed E-state index contributed by atoms with van der Waals surface area (Å²) in [4.78, 5) is 11.6. The molecule has 3 unspecified atom stereocenters. The Kier molecular flexibility index (Phi) is 7.46. The summed E-state index contributed by atoms with van der Waals surface area (Å²) in [5.74, 6) is 0.977. The second kappa shape index (κ2) is 8.59. The lowest BCUT2D eigenvalue weighted by molar-refractivity contribution is 0.0522. The molecule has 1 rings (SSSR count). The maximum absolute atomic E-state index is 11.6. The molecule has 0 bridgehead atoms. The van der Waals surface area contributed by atoms with Crippen molar-refractivity contribution in [2.24, 2.45) is 11.8 Å². The molecule has 3 atom stereocenters. The lowest BCUT2D eigenvalue weighted by Gasteiger charge is -2.31. The van der Waals surface area contributed by atoms with Gasteiger partial charge in [0.15, 0.2) is 0 Å². The van der Waals surface area contributed by atoms with Crippen molar-refractivity contribution in [2.45, 2.75) is 65.0 Å². The molecule has 0 aromatic rings. The predicted octanol–water partition coefficient (Wildman–Crippen LogP) is 2.29. The van der Waals surface area contributed by atoms with E-state index in [1.165, 1.54) is 19.3 Å². The van der Waals surface area contributed by atoms with Crippen LogP contribution in [0.5, 0.6) is 0 Å². The SMILES string of the molecule is CC(CNC(=O)OC(C)(C)C)NCC1CCCCC1CO. The Morgan fingerprint density at radius 2 is 1.90 bits per heavy atom. The van der Waals surface area contributed by atoms with Crippen LogP contribution in [-0.4, -0.2) is 42.5 Å². The van der Waals surface area contributed by atoms with E-state index in [1.54, 1.807) is 0 Å². The molecule has 5 nitrogen and oxygen atoms in total. The first kappa shape index (κ1) is 18.2. The lowest BCUT2D eigenvalue weighted by Crippen LogP contribution is -2.43. The maximum atomic E-state index is 11.6. The fraction of sp³-hybridized carbons (Fsp3) is 0.938. The first-order valence-corrected chi connectivity index (χ1v) is 8.13. The summed E-state index contributed by atoms with van der Waals surface area (Å²) in [6, 6.07) is 0.193. The molecule has 0 spiro atoms. The Morgan fingerprint density at radius 1 is 1.29 bits per heavy atom. The third-order valence-corrected chi connectivity index (χ3v) is 3.98. The number of aliphatic hydroxyl groups excluding tert-OH is 1. The molecule has 1 saturated carbocycles. The Bertz CT molecular complexity index is 315. The molecule has 5 heteroatoms. The summed E-state index contributed by atoms with van der Waals surface area (Å²) in [6.45, 7) is 9.35. The molecule has 0 radical (unpaired) electrons. The molecule has 1 fully saturated rings. The third kappa shape index (κ3) is 7.67. The van der Waals surface area contributed by atoms with Crippen molar-refractivity contribution in [3.05, 3.63) is 0 Å². The summed E-state index contributed by atoms with van der Waals surface area (Å²) < 4.78 is 5.21. The summed E-state index contributed by atoms with van der Waals surface area (Å²) in [7, 11) is 0. The number of hydrogen-bond acceptors (Lipinski definition) is 4. The summed E-state index contributed by atoms with van der Waals surface area (Å²) in [5.41, 5.74) is -0.461. The number of amides is 1. The number of ether oxygens (including phenoxy) is 1. The van der Waals surface area contributed by atoms with E-state index in [0.29, 0.717) is 18.4 Å². The van der Waals surface area contributed by atoms with Gasteiger partial charge in [-0.1, -0.05) is 12.8 Å². The second-order valence-electron chi connectivity index (χ2n) is 7.18. The maximum Gasteiger partial charge on any atom is 0.407 e. The monoisotopic (exact) mass is 300 g/mol. The molecule has 21 heavy (non-hydrogen) atoms. The van der Waals surface area contributed by atoms with Gasteiger partial charge in [0.25, 0.3) is 0 Å². The van der Waals surface area contributed by atoms with Crippen LogP contribution in [0.4, 0.5) is 4.79 Å². The van der Waals surface area contributed by atoms with Gasteiger partial charge in [-0.3, -0.25) is 0 Å². The fourth-order valence-corrected chi connectivity index (χ4v) is 2.77. The van der Waals surface area contributed by atoms with Crippen molar-refractivity contribution in [3.8, 4) is 0 Å². The highest BCUT2D eigenvalue weighted by Crippen LogP contribution is 2.29. The predicted molar refractivity (Wildman–Crippen MR) is 84.2 cm³/mol. The average molecular weight is 300 g/mol. The number of alkyl carbamates (subject to hydrolysis) is 1. The van der Waals surface area contributed by atoms with Crippen LogP contribution >= 0.6 is 0 Å². The van der Waals surface area contributed by atoms with Crippen LogP contribution < -0.4 is 10.6 Å². The second-order valence-corrected chi connectivity index (χ2v) is 7.18. The van der Waals surface area contributed by atoms with Gasteiger partial charge >= 0.3 is 6.09 Å². The van der Waals surface area contributed by atoms with Crippen molar-refractivity contribution in [1.29, 1.82) is 0 Å². The Balaban J connectivity index is 2.21. The molecule has 0 aromatic carbocycles. The van der Waals surface area contributed by atoms with Gasteiger partial charge in [-0.15, -0.1) is 0 Å². The van der Waals surface area contributed by atoms with E-state index in [4.69, 9.17) is 4.74 Å². The zero-order valence-corrected chi connectivity index (χ0v) is 13.9. The molecule has 0 aliphatic heterocycles. The number of nitrogens with one attached hydrogen (secondary N) is 2. The zero-order chi connectivity index (χ0) is 15.9. The molecule has 124 valence electrons. The average Bonchev–Trinajstić information content (AvgIpc) is 2.41. The van der Waals surface area contributed by atoms with Crippen LogP contribution in [0.1, 0.15) is 53.4 Å². The molecule has 0 heterocycles. The highest BCUT2D eigenvalue weighted by atomic mass is 16.6. The minimum atomic E-state index is -0.461. The fourth-order valence-electron chi connectivity index (χ4n) is 2.77. The quantitative estimate of drug-likeness (QED) is 0.704. The molecule has 1 amide bonds. The van der Waals surface area contributed by atoms with Gasteiger partial charge in [-0.25, -0.2) is 4.79 Å². The van der Waals surface area contributed by atoms with Crippen LogP contribution in [0.2, 0.25) is 0 Å². The van der Waals surface area contributed by atoms with E-state index in [2.05, 4.69) is 10.6 Å². The molecule has 0 saturated heterocycles. The largest absolute Gasteiger partial charge is 0.444 e. The van der Waals surface area contributed by atoms with Gasteiger partial charge < -0.3 is 20.5 Å². The van der Waals surface area contributed by atoms with Crippen molar-refractivity contribution in [3.63, 3.8) is 0 Å². The van der Waals surface area contributed by atoms with Crippen molar-refractivity contribution in [2.75, 3.05) is 19.7 Å². The number of carbonyl (C=O) groups excluding carboxylic acids is 1. The minimum Gasteiger partial charge on any atom is -0.444 e. The topological polar surface area (TPSA) is 70.6 Å². The van der Waals surface area contributed by atoms with E-state index in [0.717, 1.165) is 13.0 Å². The van der Waals surface area contributed by atoms with Crippen LogP contribution in [0.25, 0.3) is 0 Å². The van der Waals surface area contributed by atoms with Gasteiger partial charge in [0.2, 0.25) is 0 Å². The number of carbonyl (C=O) groups is 1. The normalized spacial score (nSPS) is 24.4. The molecular formula is C16H32N2O3.